The number of carbonyl (C=O) groups is 1. The molecule has 3 aromatic rings. The molecule has 0 aliphatic rings. The van der Waals surface area contributed by atoms with Crippen LogP contribution >= 0.6 is 0 Å². The highest BCUT2D eigenvalue weighted by Crippen LogP contribution is 2.22. The molecule has 10 heteroatoms. The Morgan fingerprint density at radius 3 is 2.67 bits per heavy atom. The molecule has 0 saturated carbocycles. The maximum atomic E-state index is 13.7. The average Bonchev–Trinajstić information content (AvgIpc) is 2.66. The molecule has 0 unspecified atom stereocenters. The number of carbonyl (C=O) groups excluding carboxylic acids is 1. The van der Waals surface area contributed by atoms with Crippen LogP contribution in [-0.2, 0) is 0 Å². The molecule has 0 saturated heterocycles. The summed E-state index contributed by atoms with van der Waals surface area (Å²) in [6.45, 7) is 0.950. The lowest BCUT2D eigenvalue weighted by atomic mass is 10.1. The standard InChI is InChI=1S/C17H18FN7O2/c1-20-13-6-10(18)4-9-5-12(16(27)25-14(9)13)15(26)24-11-7-22-17(23-8-11)21-3-2-19/h4-8,20H,2-3,19H2,1H3,(H,24,26)(H,25,27)(H,21,22,23). The molecule has 9 nitrogen and oxygen atoms in total. The summed E-state index contributed by atoms with van der Waals surface area (Å²) in [4.78, 5) is 35.4. The molecular weight excluding hydrogens is 353 g/mol. The Labute approximate surface area is 153 Å². The van der Waals surface area contributed by atoms with Crippen molar-refractivity contribution in [3.8, 4) is 0 Å². The van der Waals surface area contributed by atoms with E-state index in [0.717, 1.165) is 0 Å². The SMILES string of the molecule is CNc1cc(F)cc2cc(C(=O)Nc3cnc(NCCN)nc3)c(=O)[nH]c12. The molecular formula is C17H18FN7O2. The van der Waals surface area contributed by atoms with Gasteiger partial charge in [-0.1, -0.05) is 0 Å². The largest absolute Gasteiger partial charge is 0.386 e. The van der Waals surface area contributed by atoms with Gasteiger partial charge in [0.15, 0.2) is 0 Å². The second kappa shape index (κ2) is 7.79. The van der Waals surface area contributed by atoms with E-state index in [0.29, 0.717) is 41.3 Å². The number of amides is 1. The first-order chi connectivity index (χ1) is 13.0. The van der Waals surface area contributed by atoms with Crippen LogP contribution in [0.4, 0.5) is 21.7 Å². The summed E-state index contributed by atoms with van der Waals surface area (Å²) >= 11 is 0. The van der Waals surface area contributed by atoms with Crippen molar-refractivity contribution in [3.05, 3.63) is 52.3 Å². The number of aromatic nitrogens is 3. The summed E-state index contributed by atoms with van der Waals surface area (Å²) < 4.78 is 13.7. The van der Waals surface area contributed by atoms with E-state index in [2.05, 4.69) is 30.9 Å². The maximum absolute atomic E-state index is 13.7. The van der Waals surface area contributed by atoms with Gasteiger partial charge in [0.1, 0.15) is 11.4 Å². The van der Waals surface area contributed by atoms with Gasteiger partial charge in [-0.05, 0) is 18.2 Å². The van der Waals surface area contributed by atoms with Crippen molar-refractivity contribution in [1.82, 2.24) is 15.0 Å². The van der Waals surface area contributed by atoms with Crippen LogP contribution in [0.2, 0.25) is 0 Å². The van der Waals surface area contributed by atoms with E-state index in [1.54, 1.807) is 7.05 Å². The fourth-order valence-corrected chi connectivity index (χ4v) is 2.52. The number of pyridine rings is 1. The highest BCUT2D eigenvalue weighted by molar-refractivity contribution is 6.06. The fraction of sp³-hybridized carbons (Fsp3) is 0.176. The van der Waals surface area contributed by atoms with Crippen molar-refractivity contribution < 1.29 is 9.18 Å². The first-order valence-electron chi connectivity index (χ1n) is 8.13. The zero-order chi connectivity index (χ0) is 19.4. The predicted octanol–water partition coefficient (Wildman–Crippen LogP) is 1.12. The van der Waals surface area contributed by atoms with Crippen LogP contribution in [0.1, 0.15) is 10.4 Å². The third-order valence-electron chi connectivity index (χ3n) is 3.77. The number of aromatic amines is 1. The van der Waals surface area contributed by atoms with Crippen LogP contribution in [0.5, 0.6) is 0 Å². The van der Waals surface area contributed by atoms with E-state index >= 15 is 0 Å². The first kappa shape index (κ1) is 18.3. The maximum Gasteiger partial charge on any atom is 0.261 e. The molecule has 0 atom stereocenters. The van der Waals surface area contributed by atoms with Crippen molar-refractivity contribution in [1.29, 1.82) is 0 Å². The number of nitrogens with one attached hydrogen (secondary N) is 4. The van der Waals surface area contributed by atoms with Crippen molar-refractivity contribution in [2.24, 2.45) is 5.73 Å². The topological polar surface area (TPSA) is 138 Å². The zero-order valence-electron chi connectivity index (χ0n) is 14.5. The Hall–Kier alpha value is -3.53. The van der Waals surface area contributed by atoms with Gasteiger partial charge < -0.3 is 26.7 Å². The summed E-state index contributed by atoms with van der Waals surface area (Å²) in [5, 5.41) is 8.64. The number of H-pyrrole nitrogens is 1. The number of hydrogen-bond acceptors (Lipinski definition) is 7. The highest BCUT2D eigenvalue weighted by atomic mass is 19.1. The molecule has 0 fully saturated rings. The van der Waals surface area contributed by atoms with Gasteiger partial charge in [-0.2, -0.15) is 0 Å². The van der Waals surface area contributed by atoms with Gasteiger partial charge in [0.2, 0.25) is 5.95 Å². The fourth-order valence-electron chi connectivity index (χ4n) is 2.52. The van der Waals surface area contributed by atoms with Gasteiger partial charge >= 0.3 is 0 Å². The van der Waals surface area contributed by atoms with Crippen LogP contribution < -0.4 is 27.2 Å². The summed E-state index contributed by atoms with van der Waals surface area (Å²) in [5.74, 6) is -0.768. The number of hydrogen-bond donors (Lipinski definition) is 5. The number of halogens is 1. The molecule has 1 amide bonds. The van der Waals surface area contributed by atoms with Crippen LogP contribution in [0.15, 0.2) is 35.4 Å². The van der Waals surface area contributed by atoms with Gasteiger partial charge in [-0.15, -0.1) is 0 Å². The van der Waals surface area contributed by atoms with Gasteiger partial charge in [0, 0.05) is 25.5 Å². The summed E-state index contributed by atoms with van der Waals surface area (Å²) in [6, 6.07) is 3.84. The van der Waals surface area contributed by atoms with Gasteiger partial charge in [0.05, 0.1) is 29.3 Å². The summed E-state index contributed by atoms with van der Waals surface area (Å²) in [7, 11) is 1.61. The summed E-state index contributed by atoms with van der Waals surface area (Å²) in [5.41, 5.74) is 5.79. The smallest absolute Gasteiger partial charge is 0.261 e. The Balaban J connectivity index is 1.87. The molecule has 3 rings (SSSR count). The average molecular weight is 371 g/mol. The second-order valence-electron chi connectivity index (χ2n) is 5.64. The lowest BCUT2D eigenvalue weighted by Gasteiger charge is -2.09. The molecule has 0 aliphatic carbocycles. The molecule has 27 heavy (non-hydrogen) atoms. The number of fused-ring (bicyclic) bond motifs is 1. The van der Waals surface area contributed by atoms with Crippen molar-refractivity contribution in [3.63, 3.8) is 0 Å². The van der Waals surface area contributed by atoms with Gasteiger partial charge in [-0.3, -0.25) is 9.59 Å². The molecule has 140 valence electrons. The molecule has 0 spiro atoms. The molecule has 0 aliphatic heterocycles. The van der Waals surface area contributed by atoms with Gasteiger partial charge in [-0.25, -0.2) is 14.4 Å². The summed E-state index contributed by atoms with van der Waals surface area (Å²) in [6.07, 6.45) is 2.80. The quantitative estimate of drug-likeness (QED) is 0.438. The minimum atomic E-state index is -0.653. The molecule has 2 heterocycles. The second-order valence-corrected chi connectivity index (χ2v) is 5.64. The zero-order valence-corrected chi connectivity index (χ0v) is 14.5. The number of anilines is 3. The van der Waals surface area contributed by atoms with Crippen LogP contribution in [0, 0.1) is 5.82 Å². The van der Waals surface area contributed by atoms with Crippen molar-refractivity contribution in [2.45, 2.75) is 0 Å². The lowest BCUT2D eigenvalue weighted by Crippen LogP contribution is -2.23. The van der Waals surface area contributed by atoms with Crippen molar-refractivity contribution in [2.75, 3.05) is 36.1 Å². The van der Waals surface area contributed by atoms with E-state index in [4.69, 9.17) is 5.73 Å². The van der Waals surface area contributed by atoms with E-state index in [-0.39, 0.29) is 5.56 Å². The third-order valence-corrected chi connectivity index (χ3v) is 3.77. The number of rotatable bonds is 6. The van der Waals surface area contributed by atoms with Gasteiger partial charge in [0.25, 0.3) is 11.5 Å². The number of benzene rings is 1. The lowest BCUT2D eigenvalue weighted by molar-refractivity contribution is 0.102. The Morgan fingerprint density at radius 1 is 1.26 bits per heavy atom. The highest BCUT2D eigenvalue weighted by Gasteiger charge is 2.14. The number of nitrogens with two attached hydrogens (primary N) is 1. The van der Waals surface area contributed by atoms with Crippen LogP contribution in [-0.4, -0.2) is 41.0 Å². The minimum absolute atomic E-state index is 0.152. The van der Waals surface area contributed by atoms with E-state index in [9.17, 15) is 14.0 Å². The van der Waals surface area contributed by atoms with Crippen LogP contribution in [0.3, 0.4) is 0 Å². The van der Waals surface area contributed by atoms with Crippen molar-refractivity contribution >= 4 is 34.1 Å². The van der Waals surface area contributed by atoms with Crippen LogP contribution in [0.25, 0.3) is 10.9 Å². The van der Waals surface area contributed by atoms with E-state index in [1.807, 2.05) is 0 Å². The Morgan fingerprint density at radius 2 is 2.00 bits per heavy atom. The van der Waals surface area contributed by atoms with E-state index in [1.165, 1.54) is 30.6 Å². The third kappa shape index (κ3) is 4.01. The molecule has 0 radical (unpaired) electrons. The molecule has 2 aromatic heterocycles. The molecule has 6 N–H and O–H groups in total. The van der Waals surface area contributed by atoms with E-state index < -0.39 is 17.3 Å². The predicted molar refractivity (Wildman–Crippen MR) is 102 cm³/mol. The monoisotopic (exact) mass is 371 g/mol. The normalized spacial score (nSPS) is 10.6. The molecule has 1 aromatic carbocycles. The Kier molecular flexibility index (Phi) is 5.27. The Bertz CT molecular complexity index is 1030. The molecule has 0 bridgehead atoms. The minimum Gasteiger partial charge on any atom is -0.386 e. The first-order valence-corrected chi connectivity index (χ1v) is 8.13. The number of nitrogens with zero attached hydrogens (tertiary/aromatic N) is 2.